The van der Waals surface area contributed by atoms with Gasteiger partial charge in [-0.3, -0.25) is 4.79 Å². The van der Waals surface area contributed by atoms with E-state index < -0.39 is 0 Å². The molecule has 1 heterocycles. The molecule has 0 radical (unpaired) electrons. The maximum Gasteiger partial charge on any atom is 0.226 e. The molecule has 7 heteroatoms. The highest BCUT2D eigenvalue weighted by atomic mass is 32.2. The van der Waals surface area contributed by atoms with Crippen LogP contribution in [0.1, 0.15) is 17.5 Å². The topological polar surface area (TPSA) is 64.1 Å². The fourth-order valence-corrected chi connectivity index (χ4v) is 4.10. The molecular weight excluding hydrogens is 366 g/mol. The van der Waals surface area contributed by atoms with Crippen LogP contribution in [0.15, 0.2) is 58.9 Å². The van der Waals surface area contributed by atoms with Crippen molar-refractivity contribution in [3.63, 3.8) is 0 Å². The number of methoxy groups -OCH3 is 1. The number of amides is 1. The Morgan fingerprint density at radius 2 is 1.88 bits per heavy atom. The summed E-state index contributed by atoms with van der Waals surface area (Å²) >= 11 is 3.01. The number of carbonyl (C=O) groups excluding carboxylic acids is 1. The highest BCUT2D eigenvalue weighted by Gasteiger charge is 2.10. The normalized spacial score (nSPS) is 10.5. The second-order valence-corrected chi connectivity index (χ2v) is 7.71. The molecule has 0 aliphatic heterocycles. The number of thioether (sulfide) groups is 1. The summed E-state index contributed by atoms with van der Waals surface area (Å²) < 4.78 is 6.15. The van der Waals surface area contributed by atoms with Crippen LogP contribution in [0.4, 0.5) is 5.13 Å². The summed E-state index contributed by atoms with van der Waals surface area (Å²) in [6.45, 7) is 0. The van der Waals surface area contributed by atoms with Gasteiger partial charge in [0.05, 0.1) is 7.11 Å². The number of aryl methyl sites for hydroxylation is 1. The molecule has 0 unspecified atom stereocenters. The molecule has 1 N–H and O–H groups in total. The number of anilines is 1. The first-order chi connectivity index (χ1) is 12.7. The zero-order valence-electron chi connectivity index (χ0n) is 14.3. The van der Waals surface area contributed by atoms with Crippen molar-refractivity contribution >= 4 is 34.1 Å². The fraction of sp³-hybridized carbons (Fsp3) is 0.211. The predicted octanol–water partition coefficient (Wildman–Crippen LogP) is 4.41. The Kier molecular flexibility index (Phi) is 6.62. The van der Waals surface area contributed by atoms with Crippen LogP contribution >= 0.6 is 23.1 Å². The van der Waals surface area contributed by atoms with Gasteiger partial charge >= 0.3 is 0 Å². The molecule has 0 spiro atoms. The van der Waals surface area contributed by atoms with Gasteiger partial charge in [-0.25, -0.2) is 0 Å². The minimum atomic E-state index is -0.0772. The number of nitrogens with one attached hydrogen (secondary N) is 1. The molecule has 0 atom stereocenters. The van der Waals surface area contributed by atoms with E-state index in [9.17, 15) is 4.79 Å². The molecule has 5 nitrogen and oxygen atoms in total. The Labute approximate surface area is 160 Å². The van der Waals surface area contributed by atoms with E-state index >= 15 is 0 Å². The number of rotatable bonds is 8. The summed E-state index contributed by atoms with van der Waals surface area (Å²) in [5, 5.41) is 11.5. The third-order valence-corrected chi connectivity index (χ3v) is 5.72. The zero-order valence-corrected chi connectivity index (χ0v) is 16.0. The average Bonchev–Trinajstić information content (AvgIpc) is 3.13. The lowest BCUT2D eigenvalue weighted by Crippen LogP contribution is -2.12. The number of hydrogen-bond donors (Lipinski definition) is 1. The van der Waals surface area contributed by atoms with E-state index in [1.807, 2.05) is 42.5 Å². The van der Waals surface area contributed by atoms with E-state index in [0.29, 0.717) is 18.0 Å². The lowest BCUT2D eigenvalue weighted by atomic mass is 10.1. The van der Waals surface area contributed by atoms with Gasteiger partial charge in [-0.1, -0.05) is 71.6 Å². The molecule has 0 saturated heterocycles. The van der Waals surface area contributed by atoms with Gasteiger partial charge in [-0.05, 0) is 23.6 Å². The van der Waals surface area contributed by atoms with Crippen LogP contribution < -0.4 is 10.1 Å². The van der Waals surface area contributed by atoms with Gasteiger partial charge in [-0.2, -0.15) is 0 Å². The largest absolute Gasteiger partial charge is 0.496 e. The summed E-state index contributed by atoms with van der Waals surface area (Å²) in [7, 11) is 1.63. The van der Waals surface area contributed by atoms with E-state index in [-0.39, 0.29) is 5.91 Å². The van der Waals surface area contributed by atoms with E-state index in [1.54, 1.807) is 18.9 Å². The van der Waals surface area contributed by atoms with Crippen LogP contribution in [-0.4, -0.2) is 23.2 Å². The molecular formula is C19H19N3O2S2. The molecule has 1 aromatic heterocycles. The second kappa shape index (κ2) is 9.35. The van der Waals surface area contributed by atoms with Gasteiger partial charge in [0.2, 0.25) is 11.0 Å². The standard InChI is InChI=1S/C19H19N3O2S2/c1-24-16-10-6-5-9-15(16)11-12-17(23)20-18-21-22-19(26-18)25-13-14-7-3-2-4-8-14/h2-10H,11-13H2,1H3,(H,20,21,23). The van der Waals surface area contributed by atoms with Crippen LogP contribution in [-0.2, 0) is 17.0 Å². The Hall–Kier alpha value is -2.38. The van der Waals surface area contributed by atoms with Crippen molar-refractivity contribution in [1.29, 1.82) is 0 Å². The van der Waals surface area contributed by atoms with Crippen LogP contribution in [0.25, 0.3) is 0 Å². The van der Waals surface area contributed by atoms with Crippen LogP contribution in [0.5, 0.6) is 5.75 Å². The Morgan fingerprint density at radius 1 is 1.12 bits per heavy atom. The van der Waals surface area contributed by atoms with Crippen molar-refractivity contribution in [2.75, 3.05) is 12.4 Å². The first kappa shape index (κ1) is 18.4. The molecule has 1 amide bonds. The number of para-hydroxylation sites is 1. The van der Waals surface area contributed by atoms with Crippen molar-refractivity contribution in [1.82, 2.24) is 10.2 Å². The molecule has 134 valence electrons. The van der Waals surface area contributed by atoms with Gasteiger partial charge < -0.3 is 10.1 Å². The summed E-state index contributed by atoms with van der Waals surface area (Å²) in [5.74, 6) is 1.56. The Morgan fingerprint density at radius 3 is 2.69 bits per heavy atom. The van der Waals surface area contributed by atoms with E-state index in [2.05, 4.69) is 27.6 Å². The third-order valence-electron chi connectivity index (χ3n) is 3.67. The van der Waals surface area contributed by atoms with Crippen molar-refractivity contribution in [2.24, 2.45) is 0 Å². The lowest BCUT2D eigenvalue weighted by Gasteiger charge is -2.07. The van der Waals surface area contributed by atoms with E-state index in [1.165, 1.54) is 16.9 Å². The SMILES string of the molecule is COc1ccccc1CCC(=O)Nc1nnc(SCc2ccccc2)s1. The molecule has 3 aromatic rings. The summed E-state index contributed by atoms with van der Waals surface area (Å²) in [4.78, 5) is 12.2. The van der Waals surface area contributed by atoms with E-state index in [0.717, 1.165) is 21.4 Å². The zero-order chi connectivity index (χ0) is 18.2. The van der Waals surface area contributed by atoms with Gasteiger partial charge in [0.1, 0.15) is 5.75 Å². The maximum absolute atomic E-state index is 12.2. The van der Waals surface area contributed by atoms with Gasteiger partial charge in [0.15, 0.2) is 4.34 Å². The number of ether oxygens (including phenoxy) is 1. The Balaban J connectivity index is 1.48. The molecule has 0 aliphatic carbocycles. The smallest absolute Gasteiger partial charge is 0.226 e. The number of benzene rings is 2. The average molecular weight is 386 g/mol. The van der Waals surface area contributed by atoms with Gasteiger partial charge in [0, 0.05) is 12.2 Å². The maximum atomic E-state index is 12.2. The molecule has 0 saturated carbocycles. The summed E-state index contributed by atoms with van der Waals surface area (Å²) in [6.07, 6.45) is 0.983. The van der Waals surface area contributed by atoms with Gasteiger partial charge in [-0.15, -0.1) is 10.2 Å². The van der Waals surface area contributed by atoms with Crippen LogP contribution in [0.2, 0.25) is 0 Å². The fourth-order valence-electron chi connectivity index (χ4n) is 2.38. The summed E-state index contributed by atoms with van der Waals surface area (Å²) in [6, 6.07) is 17.9. The summed E-state index contributed by atoms with van der Waals surface area (Å²) in [5.41, 5.74) is 2.25. The lowest BCUT2D eigenvalue weighted by molar-refractivity contribution is -0.116. The molecule has 2 aromatic carbocycles. The Bertz CT molecular complexity index is 853. The van der Waals surface area contributed by atoms with Crippen LogP contribution in [0, 0.1) is 0 Å². The number of hydrogen-bond acceptors (Lipinski definition) is 6. The van der Waals surface area contributed by atoms with Crippen molar-refractivity contribution < 1.29 is 9.53 Å². The highest BCUT2D eigenvalue weighted by Crippen LogP contribution is 2.28. The first-order valence-corrected chi connectivity index (χ1v) is 9.97. The van der Waals surface area contributed by atoms with E-state index in [4.69, 9.17) is 4.74 Å². The third kappa shape index (κ3) is 5.31. The monoisotopic (exact) mass is 385 g/mol. The molecule has 0 fully saturated rings. The quantitative estimate of drug-likeness (QED) is 0.460. The van der Waals surface area contributed by atoms with Crippen molar-refractivity contribution in [2.45, 2.75) is 22.9 Å². The van der Waals surface area contributed by atoms with Gasteiger partial charge in [0.25, 0.3) is 0 Å². The number of carbonyl (C=O) groups is 1. The molecule has 26 heavy (non-hydrogen) atoms. The molecule has 0 aliphatic rings. The first-order valence-electron chi connectivity index (χ1n) is 8.16. The van der Waals surface area contributed by atoms with Crippen LogP contribution in [0.3, 0.4) is 0 Å². The minimum absolute atomic E-state index is 0.0772. The van der Waals surface area contributed by atoms with Crippen molar-refractivity contribution in [3.8, 4) is 5.75 Å². The highest BCUT2D eigenvalue weighted by molar-refractivity contribution is 8.00. The molecule has 3 rings (SSSR count). The molecule has 0 bridgehead atoms. The minimum Gasteiger partial charge on any atom is -0.496 e. The number of aromatic nitrogens is 2. The number of nitrogens with zero attached hydrogens (tertiary/aromatic N) is 2. The second-order valence-electron chi connectivity index (χ2n) is 5.51. The predicted molar refractivity (Wildman–Crippen MR) is 106 cm³/mol. The van der Waals surface area contributed by atoms with Crippen molar-refractivity contribution in [3.05, 3.63) is 65.7 Å².